The topological polar surface area (TPSA) is 49.4 Å². The number of nitrogens with zero attached hydrogens (tertiary/aromatic N) is 1. The Balaban J connectivity index is 2.03. The second-order valence-electron chi connectivity index (χ2n) is 6.06. The van der Waals surface area contributed by atoms with Crippen molar-refractivity contribution < 1.29 is 9.59 Å². The minimum atomic E-state index is -0.680. The average Bonchev–Trinajstić information content (AvgIpc) is 2.90. The van der Waals surface area contributed by atoms with Crippen molar-refractivity contribution in [3.63, 3.8) is 0 Å². The van der Waals surface area contributed by atoms with Crippen LogP contribution in [-0.4, -0.2) is 23.4 Å². The summed E-state index contributed by atoms with van der Waals surface area (Å²) in [6, 6.07) is 5.33. The van der Waals surface area contributed by atoms with Crippen LogP contribution in [-0.2, 0) is 9.59 Å². The number of hydrogen-bond acceptors (Lipinski definition) is 2. The molecule has 1 N–H and O–H groups in total. The molecule has 4 nitrogen and oxygen atoms in total. The Morgan fingerprint density at radius 3 is 2.57 bits per heavy atom. The highest BCUT2D eigenvalue weighted by atomic mass is 79.9. The molecule has 0 radical (unpaired) electrons. The number of benzene rings is 1. The monoisotopic (exact) mass is 350 g/mol. The molecule has 2 fully saturated rings. The Morgan fingerprint density at radius 1 is 1.29 bits per heavy atom. The normalized spacial score (nSPS) is 24.5. The Bertz CT molecular complexity index is 608. The minimum absolute atomic E-state index is 0.0304. The van der Waals surface area contributed by atoms with Crippen molar-refractivity contribution in [2.75, 3.05) is 4.90 Å². The molecule has 112 valence electrons. The van der Waals surface area contributed by atoms with E-state index in [9.17, 15) is 9.59 Å². The van der Waals surface area contributed by atoms with Crippen molar-refractivity contribution in [1.29, 1.82) is 0 Å². The summed E-state index contributed by atoms with van der Waals surface area (Å²) in [6.45, 7) is 3.78. The highest BCUT2D eigenvalue weighted by Crippen LogP contribution is 2.37. The zero-order valence-corrected chi connectivity index (χ0v) is 13.9. The summed E-state index contributed by atoms with van der Waals surface area (Å²) < 4.78 is 0.950. The molecule has 5 heteroatoms. The molecule has 1 heterocycles. The maximum absolute atomic E-state index is 13.0. The van der Waals surface area contributed by atoms with Crippen molar-refractivity contribution in [2.24, 2.45) is 0 Å². The first kappa shape index (κ1) is 14.6. The number of amides is 2. The van der Waals surface area contributed by atoms with E-state index >= 15 is 0 Å². The number of piperazine rings is 1. The van der Waals surface area contributed by atoms with Crippen molar-refractivity contribution in [1.82, 2.24) is 5.32 Å². The van der Waals surface area contributed by atoms with Crippen molar-refractivity contribution in [3.8, 4) is 0 Å². The number of anilines is 1. The molecule has 0 bridgehead atoms. The lowest BCUT2D eigenvalue weighted by Crippen LogP contribution is -2.69. The van der Waals surface area contributed by atoms with Crippen molar-refractivity contribution >= 4 is 33.4 Å². The standard InChI is InChI=1S/C16H19BrN2O2/c1-10-5-6-12(9-13(10)17)19-11(2)14(20)18-16(15(19)21)7-3-4-8-16/h5-6,9,11H,3-4,7-8H2,1-2H3,(H,18,20). The maximum Gasteiger partial charge on any atom is 0.253 e. The quantitative estimate of drug-likeness (QED) is 0.846. The summed E-state index contributed by atoms with van der Waals surface area (Å²) in [5, 5.41) is 2.98. The fourth-order valence-electron chi connectivity index (χ4n) is 3.31. The van der Waals surface area contributed by atoms with E-state index in [4.69, 9.17) is 0 Å². The number of hydrogen-bond donors (Lipinski definition) is 1. The molecule has 1 saturated heterocycles. The Morgan fingerprint density at radius 2 is 1.95 bits per heavy atom. The molecule has 21 heavy (non-hydrogen) atoms. The van der Waals surface area contributed by atoms with Crippen LogP contribution in [0.3, 0.4) is 0 Å². The number of halogens is 1. The first-order valence-electron chi connectivity index (χ1n) is 7.36. The number of rotatable bonds is 1. The maximum atomic E-state index is 13.0. The first-order valence-corrected chi connectivity index (χ1v) is 8.16. The SMILES string of the molecule is Cc1ccc(N2C(=O)C3(CCCC3)NC(=O)C2C)cc1Br. The van der Waals surface area contributed by atoms with Crippen LogP contribution < -0.4 is 10.2 Å². The summed E-state index contributed by atoms with van der Waals surface area (Å²) >= 11 is 3.50. The van der Waals surface area contributed by atoms with Gasteiger partial charge in [-0.2, -0.15) is 0 Å². The fourth-order valence-corrected chi connectivity index (χ4v) is 3.67. The van der Waals surface area contributed by atoms with Crippen LogP contribution in [0.15, 0.2) is 22.7 Å². The predicted octanol–water partition coefficient (Wildman–Crippen LogP) is 2.92. The molecule has 1 spiro atoms. The predicted molar refractivity (Wildman–Crippen MR) is 85.2 cm³/mol. The van der Waals surface area contributed by atoms with Gasteiger partial charge >= 0.3 is 0 Å². The Labute approximate surface area is 133 Å². The zero-order chi connectivity index (χ0) is 15.2. The number of carbonyl (C=O) groups is 2. The van der Waals surface area contributed by atoms with Crippen LogP contribution in [0.1, 0.15) is 38.2 Å². The molecule has 1 aromatic carbocycles. The zero-order valence-electron chi connectivity index (χ0n) is 12.3. The summed E-state index contributed by atoms with van der Waals surface area (Å²) in [5.41, 5.74) is 1.21. The molecule has 1 unspecified atom stereocenters. The smallest absolute Gasteiger partial charge is 0.253 e. The van der Waals surface area contributed by atoms with Gasteiger partial charge in [0.2, 0.25) is 5.91 Å². The highest BCUT2D eigenvalue weighted by molar-refractivity contribution is 9.10. The molecule has 1 aliphatic heterocycles. The second-order valence-corrected chi connectivity index (χ2v) is 6.92. The lowest BCUT2D eigenvalue weighted by molar-refractivity contribution is -0.137. The largest absolute Gasteiger partial charge is 0.340 e. The summed E-state index contributed by atoms with van der Waals surface area (Å²) in [7, 11) is 0. The van der Waals surface area contributed by atoms with E-state index in [-0.39, 0.29) is 11.8 Å². The lowest BCUT2D eigenvalue weighted by Gasteiger charge is -2.43. The first-order chi connectivity index (χ1) is 9.94. The van der Waals surface area contributed by atoms with Crippen LogP contribution in [0.4, 0.5) is 5.69 Å². The van der Waals surface area contributed by atoms with Gasteiger partial charge in [0.25, 0.3) is 5.91 Å². The van der Waals surface area contributed by atoms with E-state index < -0.39 is 11.6 Å². The molecule has 1 aromatic rings. The Hall–Kier alpha value is -1.36. The third kappa shape index (κ3) is 2.27. The van der Waals surface area contributed by atoms with Crippen LogP contribution in [0, 0.1) is 6.92 Å². The van der Waals surface area contributed by atoms with Gasteiger partial charge in [-0.05, 0) is 44.4 Å². The molecule has 1 aliphatic carbocycles. The van der Waals surface area contributed by atoms with E-state index in [2.05, 4.69) is 21.2 Å². The van der Waals surface area contributed by atoms with E-state index in [0.717, 1.165) is 41.4 Å². The molecular weight excluding hydrogens is 332 g/mol. The van der Waals surface area contributed by atoms with Crippen LogP contribution in [0.5, 0.6) is 0 Å². The summed E-state index contributed by atoms with van der Waals surface area (Å²) in [5.74, 6) is -0.0314. The van der Waals surface area contributed by atoms with Gasteiger partial charge in [0, 0.05) is 10.2 Å². The third-order valence-electron chi connectivity index (χ3n) is 4.65. The van der Waals surface area contributed by atoms with E-state index in [1.165, 1.54) is 0 Å². The van der Waals surface area contributed by atoms with Crippen LogP contribution >= 0.6 is 15.9 Å². The molecule has 1 atom stereocenters. The number of aryl methyl sites for hydroxylation is 1. The van der Waals surface area contributed by atoms with E-state index in [1.54, 1.807) is 11.8 Å². The van der Waals surface area contributed by atoms with E-state index in [1.807, 2.05) is 25.1 Å². The van der Waals surface area contributed by atoms with Crippen molar-refractivity contribution in [2.45, 2.75) is 51.1 Å². The summed E-state index contributed by atoms with van der Waals surface area (Å²) in [6.07, 6.45) is 3.47. The van der Waals surface area contributed by atoms with Crippen molar-refractivity contribution in [3.05, 3.63) is 28.2 Å². The number of carbonyl (C=O) groups excluding carboxylic acids is 2. The van der Waals surface area contributed by atoms with E-state index in [0.29, 0.717) is 0 Å². The fraction of sp³-hybridized carbons (Fsp3) is 0.500. The average molecular weight is 351 g/mol. The van der Waals surface area contributed by atoms with Gasteiger partial charge < -0.3 is 5.32 Å². The van der Waals surface area contributed by atoms with Gasteiger partial charge in [-0.25, -0.2) is 0 Å². The third-order valence-corrected chi connectivity index (χ3v) is 5.50. The molecular formula is C16H19BrN2O2. The highest BCUT2D eigenvalue weighted by Gasteiger charge is 2.51. The van der Waals surface area contributed by atoms with Crippen LogP contribution in [0.25, 0.3) is 0 Å². The Kier molecular flexibility index (Phi) is 3.56. The molecule has 2 aliphatic rings. The van der Waals surface area contributed by atoms with Gasteiger partial charge in [0.1, 0.15) is 11.6 Å². The molecule has 2 amide bonds. The molecule has 3 rings (SSSR count). The van der Waals surface area contributed by atoms with Gasteiger partial charge in [-0.15, -0.1) is 0 Å². The molecule has 1 saturated carbocycles. The minimum Gasteiger partial charge on any atom is -0.340 e. The van der Waals surface area contributed by atoms with Gasteiger partial charge in [-0.1, -0.05) is 34.8 Å². The van der Waals surface area contributed by atoms with Gasteiger partial charge in [0.15, 0.2) is 0 Å². The van der Waals surface area contributed by atoms with Gasteiger partial charge in [0.05, 0.1) is 0 Å². The van der Waals surface area contributed by atoms with Gasteiger partial charge in [-0.3, -0.25) is 14.5 Å². The lowest BCUT2D eigenvalue weighted by atomic mass is 9.90. The summed E-state index contributed by atoms with van der Waals surface area (Å²) in [4.78, 5) is 27.0. The number of nitrogens with one attached hydrogen (secondary N) is 1. The van der Waals surface area contributed by atoms with Crippen LogP contribution in [0.2, 0.25) is 0 Å². The second kappa shape index (κ2) is 5.13. The molecule has 0 aromatic heterocycles.